The van der Waals surface area contributed by atoms with Crippen molar-refractivity contribution in [2.24, 2.45) is 5.10 Å². The van der Waals surface area contributed by atoms with Gasteiger partial charge < -0.3 is 0 Å². The van der Waals surface area contributed by atoms with Gasteiger partial charge in [-0.1, -0.05) is 17.7 Å². The van der Waals surface area contributed by atoms with E-state index >= 15 is 0 Å². The topological polar surface area (TPSA) is 103 Å². The lowest BCUT2D eigenvalue weighted by molar-refractivity contribution is -0.115. The number of aromatic nitrogens is 3. The summed E-state index contributed by atoms with van der Waals surface area (Å²) in [6.45, 7) is 5.51. The minimum absolute atomic E-state index is 0.0383. The molecule has 28 heavy (non-hydrogen) atoms. The summed E-state index contributed by atoms with van der Waals surface area (Å²) in [7, 11) is 0. The summed E-state index contributed by atoms with van der Waals surface area (Å²) in [6.07, 6.45) is 2.82. The van der Waals surface area contributed by atoms with Crippen molar-refractivity contribution in [1.29, 1.82) is 0 Å². The lowest BCUT2D eigenvalue weighted by atomic mass is 10.1. The van der Waals surface area contributed by atoms with Crippen molar-refractivity contribution in [2.75, 3.05) is 10.3 Å². The van der Waals surface area contributed by atoms with Crippen molar-refractivity contribution in [2.45, 2.75) is 20.8 Å². The number of nitrogens with zero attached hydrogens (tertiary/aromatic N) is 4. The van der Waals surface area contributed by atoms with Gasteiger partial charge in [0.15, 0.2) is 5.13 Å². The third kappa shape index (κ3) is 4.26. The number of carbonyl (C=O) groups excluding carboxylic acids is 1. The molecule has 10 heteroatoms. The number of aryl methyl sites for hydroxylation is 2. The fourth-order valence-corrected chi connectivity index (χ4v) is 3.33. The number of anilines is 3. The zero-order valence-corrected chi connectivity index (χ0v) is 16.9. The van der Waals surface area contributed by atoms with Crippen LogP contribution in [0.3, 0.4) is 0 Å². The molecule has 0 atom stereocenters. The number of thiazole rings is 1. The molecule has 1 aromatic carbocycles. The largest absolute Gasteiger partial charge is 0.285 e. The first-order valence-electron chi connectivity index (χ1n) is 8.22. The van der Waals surface area contributed by atoms with Gasteiger partial charge >= 0.3 is 0 Å². The van der Waals surface area contributed by atoms with Crippen LogP contribution in [0.5, 0.6) is 0 Å². The Morgan fingerprint density at radius 3 is 2.86 bits per heavy atom. The van der Waals surface area contributed by atoms with Gasteiger partial charge in [0.1, 0.15) is 10.7 Å². The Labute approximate surface area is 169 Å². The van der Waals surface area contributed by atoms with E-state index in [1.165, 1.54) is 30.7 Å². The summed E-state index contributed by atoms with van der Waals surface area (Å²) in [5, 5.41) is 12.2. The number of H-pyrrole nitrogens is 1. The second-order valence-electron chi connectivity index (χ2n) is 5.97. The Bertz CT molecular complexity index is 1110. The third-order valence-electron chi connectivity index (χ3n) is 3.94. The molecule has 144 valence electrons. The molecular formula is C18H17ClN6O2S. The van der Waals surface area contributed by atoms with Crippen molar-refractivity contribution in [3.8, 4) is 0 Å². The number of hydrogen-bond acceptors (Lipinski definition) is 7. The maximum atomic E-state index is 12.2. The van der Waals surface area contributed by atoms with Gasteiger partial charge in [-0.2, -0.15) is 10.2 Å². The number of hydrazone groups is 1. The first-order valence-corrected chi connectivity index (χ1v) is 9.48. The van der Waals surface area contributed by atoms with Crippen LogP contribution >= 0.6 is 22.9 Å². The van der Waals surface area contributed by atoms with E-state index in [4.69, 9.17) is 11.6 Å². The summed E-state index contributed by atoms with van der Waals surface area (Å²) in [5.41, 5.74) is 5.97. The molecule has 0 unspecified atom stereocenters. The summed E-state index contributed by atoms with van der Waals surface area (Å²) >= 11 is 7.19. The number of amides is 1. The molecule has 0 aliphatic carbocycles. The minimum atomic E-state index is -0.511. The van der Waals surface area contributed by atoms with Gasteiger partial charge in [-0.15, -0.1) is 11.3 Å². The molecule has 2 aromatic heterocycles. The van der Waals surface area contributed by atoms with Crippen LogP contribution in [0.25, 0.3) is 0 Å². The molecule has 3 rings (SSSR count). The number of rotatable bonds is 5. The van der Waals surface area contributed by atoms with E-state index in [0.29, 0.717) is 10.8 Å². The molecule has 0 aliphatic heterocycles. The molecule has 0 fully saturated rings. The average molecular weight is 417 g/mol. The number of halogens is 1. The van der Waals surface area contributed by atoms with E-state index in [1.54, 1.807) is 10.3 Å². The van der Waals surface area contributed by atoms with E-state index < -0.39 is 5.56 Å². The molecule has 0 aliphatic rings. The summed E-state index contributed by atoms with van der Waals surface area (Å²) in [4.78, 5) is 29.6. The molecule has 0 saturated carbocycles. The Kier molecular flexibility index (Phi) is 5.86. The molecule has 0 spiro atoms. The first-order chi connectivity index (χ1) is 13.4. The van der Waals surface area contributed by atoms with Crippen LogP contribution in [-0.2, 0) is 4.79 Å². The fraction of sp³-hybridized carbons (Fsp3) is 0.167. The summed E-state index contributed by atoms with van der Waals surface area (Å²) < 4.78 is 0. The second-order valence-corrected chi connectivity index (χ2v) is 7.19. The van der Waals surface area contributed by atoms with E-state index in [0.717, 1.165) is 16.8 Å². The van der Waals surface area contributed by atoms with Gasteiger partial charge in [0.2, 0.25) is 5.91 Å². The number of aromatic amines is 1. The van der Waals surface area contributed by atoms with Crippen LogP contribution in [0.4, 0.5) is 16.5 Å². The van der Waals surface area contributed by atoms with Gasteiger partial charge in [-0.25, -0.2) is 10.1 Å². The summed E-state index contributed by atoms with van der Waals surface area (Å²) in [5.74, 6) is -0.138. The van der Waals surface area contributed by atoms with Gasteiger partial charge in [0.25, 0.3) is 5.56 Å². The SMILES string of the molecule is CC(=O)N(c1ccc(C)c(C)c1)c1nc(/C=N\Nc2cn[nH]c(=O)c2Cl)cs1. The van der Waals surface area contributed by atoms with Crippen molar-refractivity contribution in [3.63, 3.8) is 0 Å². The van der Waals surface area contributed by atoms with Gasteiger partial charge in [-0.3, -0.25) is 19.9 Å². The van der Waals surface area contributed by atoms with E-state index in [2.05, 4.69) is 25.7 Å². The molecule has 1 amide bonds. The molecule has 2 heterocycles. The second kappa shape index (κ2) is 8.32. The van der Waals surface area contributed by atoms with Crippen molar-refractivity contribution in [1.82, 2.24) is 15.2 Å². The fourth-order valence-electron chi connectivity index (χ4n) is 2.36. The molecule has 2 N–H and O–H groups in total. The van der Waals surface area contributed by atoms with Crippen LogP contribution < -0.4 is 15.9 Å². The highest BCUT2D eigenvalue weighted by atomic mass is 35.5. The highest BCUT2D eigenvalue weighted by Crippen LogP contribution is 2.30. The first kappa shape index (κ1) is 19.7. The van der Waals surface area contributed by atoms with Crippen LogP contribution in [0.1, 0.15) is 23.7 Å². The lowest BCUT2D eigenvalue weighted by Gasteiger charge is -2.19. The number of nitrogens with one attached hydrogen (secondary N) is 2. The zero-order valence-electron chi connectivity index (χ0n) is 15.4. The molecule has 3 aromatic rings. The van der Waals surface area contributed by atoms with E-state index in [-0.39, 0.29) is 16.6 Å². The lowest BCUT2D eigenvalue weighted by Crippen LogP contribution is -2.22. The van der Waals surface area contributed by atoms with Gasteiger partial charge in [-0.05, 0) is 37.1 Å². The maximum Gasteiger partial charge on any atom is 0.285 e. The minimum Gasteiger partial charge on any atom is -0.275 e. The predicted molar refractivity (Wildman–Crippen MR) is 112 cm³/mol. The van der Waals surface area contributed by atoms with Crippen LogP contribution in [0.15, 0.2) is 39.7 Å². The maximum absolute atomic E-state index is 12.2. The van der Waals surface area contributed by atoms with Crippen LogP contribution in [0.2, 0.25) is 5.02 Å². The van der Waals surface area contributed by atoms with E-state index in [1.807, 2.05) is 32.0 Å². The Hall–Kier alpha value is -3.04. The summed E-state index contributed by atoms with van der Waals surface area (Å²) in [6, 6.07) is 5.82. The smallest absolute Gasteiger partial charge is 0.275 e. The number of carbonyl (C=O) groups is 1. The number of benzene rings is 1. The monoisotopic (exact) mass is 416 g/mol. The molecular weight excluding hydrogens is 400 g/mol. The Balaban J connectivity index is 1.81. The van der Waals surface area contributed by atoms with Crippen molar-refractivity contribution in [3.05, 3.63) is 62.0 Å². The van der Waals surface area contributed by atoms with Crippen molar-refractivity contribution < 1.29 is 4.79 Å². The standard InChI is InChI=1S/C18H17ClN6O2S/c1-10-4-5-14(6-11(10)2)25(12(3)26)18-22-13(9-28-18)7-20-23-15-8-21-24-17(27)16(15)19/h4-9H,1-3H3,(H2,23,24,27)/b20-7-. The molecule has 0 bridgehead atoms. The van der Waals surface area contributed by atoms with Crippen molar-refractivity contribution >= 4 is 51.6 Å². The highest BCUT2D eigenvalue weighted by Gasteiger charge is 2.18. The number of hydrogen-bond donors (Lipinski definition) is 2. The predicted octanol–water partition coefficient (Wildman–Crippen LogP) is 3.63. The average Bonchev–Trinajstić information content (AvgIpc) is 3.10. The van der Waals surface area contributed by atoms with E-state index in [9.17, 15) is 9.59 Å². The molecule has 0 saturated heterocycles. The quantitative estimate of drug-likeness (QED) is 0.488. The third-order valence-corrected chi connectivity index (χ3v) is 5.16. The Morgan fingerprint density at radius 1 is 1.36 bits per heavy atom. The van der Waals surface area contributed by atoms with Crippen LogP contribution in [-0.4, -0.2) is 27.3 Å². The Morgan fingerprint density at radius 2 is 2.14 bits per heavy atom. The zero-order chi connectivity index (χ0) is 20.3. The molecule has 0 radical (unpaired) electrons. The normalized spacial score (nSPS) is 11.0. The molecule has 8 nitrogen and oxygen atoms in total. The van der Waals surface area contributed by atoms with Gasteiger partial charge in [0.05, 0.1) is 23.8 Å². The van der Waals surface area contributed by atoms with Crippen LogP contribution in [0, 0.1) is 13.8 Å². The highest BCUT2D eigenvalue weighted by molar-refractivity contribution is 7.14. The van der Waals surface area contributed by atoms with Gasteiger partial charge in [0, 0.05) is 12.3 Å².